The Hall–Kier alpha value is -1.09. The molecule has 0 heterocycles. The van der Waals surface area contributed by atoms with E-state index in [-0.39, 0.29) is 39.6 Å². The van der Waals surface area contributed by atoms with Gasteiger partial charge in [-0.3, -0.25) is 9.59 Å². The van der Waals surface area contributed by atoms with Crippen LogP contribution in [0.2, 0.25) is 0 Å². The third kappa shape index (κ3) is 32.2. The van der Waals surface area contributed by atoms with E-state index >= 15 is 0 Å². The zero-order valence-electron chi connectivity index (χ0n) is 9.18. The van der Waals surface area contributed by atoms with Crippen molar-refractivity contribution in [1.82, 2.24) is 0 Å². The summed E-state index contributed by atoms with van der Waals surface area (Å²) >= 11 is 0. The average Bonchev–Trinajstić information content (AvgIpc) is 1.79. The molecular weight excluding hydrogens is 243 g/mol. The van der Waals surface area contributed by atoms with Gasteiger partial charge in [0.25, 0.3) is 0 Å². The van der Waals surface area contributed by atoms with Crippen LogP contribution in [0.15, 0.2) is 23.7 Å². The van der Waals surface area contributed by atoms with Gasteiger partial charge < -0.3 is 10.2 Å². The number of allylic oxidation sites excluding steroid dienone is 4. The van der Waals surface area contributed by atoms with E-state index in [2.05, 4.69) is 0 Å². The first-order valence-corrected chi connectivity index (χ1v) is 4.01. The topological polar surface area (TPSA) is 74.6 Å². The molecule has 0 unspecified atom stereocenters. The van der Waals surface area contributed by atoms with E-state index in [0.717, 1.165) is 0 Å². The molecule has 90 valence electrons. The molecule has 0 aromatic heterocycles. The van der Waals surface area contributed by atoms with Gasteiger partial charge in [0.05, 0.1) is 11.5 Å². The molecule has 0 saturated heterocycles. The second kappa shape index (κ2) is 11.0. The number of hydrogen-bond donors (Lipinski definition) is 2. The molecule has 0 aliphatic heterocycles. The summed E-state index contributed by atoms with van der Waals surface area (Å²) < 4.78 is 0. The summed E-state index contributed by atoms with van der Waals surface area (Å²) in [5.41, 5.74) is 0. The van der Waals surface area contributed by atoms with E-state index in [0.29, 0.717) is 0 Å². The molecular formula is C10H16NiO4. The van der Waals surface area contributed by atoms with Crippen LogP contribution in [0, 0.1) is 0 Å². The van der Waals surface area contributed by atoms with Gasteiger partial charge in [0.15, 0.2) is 11.6 Å². The van der Waals surface area contributed by atoms with Gasteiger partial charge in [-0.15, -0.1) is 0 Å². The summed E-state index contributed by atoms with van der Waals surface area (Å²) in [7, 11) is 0. The molecule has 0 aliphatic rings. The monoisotopic (exact) mass is 258 g/mol. The van der Waals surface area contributed by atoms with Crippen molar-refractivity contribution in [2.75, 3.05) is 0 Å². The first kappa shape index (κ1) is 19.5. The van der Waals surface area contributed by atoms with Crippen molar-refractivity contribution in [2.45, 2.75) is 27.7 Å². The van der Waals surface area contributed by atoms with E-state index in [9.17, 15) is 9.59 Å². The summed E-state index contributed by atoms with van der Waals surface area (Å²) in [5.74, 6) is -0.125. The van der Waals surface area contributed by atoms with Crippen LogP contribution in [-0.2, 0) is 26.1 Å². The number of aliphatic hydroxyl groups is 2. The molecule has 0 fully saturated rings. The molecule has 0 aliphatic carbocycles. The Balaban J connectivity index is -0.000000180. The smallest absolute Gasteiger partial charge is 0.155 e. The summed E-state index contributed by atoms with van der Waals surface area (Å²) in [6, 6.07) is 0. The molecule has 0 amide bonds. The maximum absolute atomic E-state index is 10.0. The van der Waals surface area contributed by atoms with Gasteiger partial charge in [0.1, 0.15) is 0 Å². The molecule has 0 spiro atoms. The van der Waals surface area contributed by atoms with Crippen molar-refractivity contribution in [3.8, 4) is 0 Å². The summed E-state index contributed by atoms with van der Waals surface area (Å²) in [4.78, 5) is 20.0. The average molecular weight is 259 g/mol. The molecule has 0 saturated carbocycles. The fourth-order valence-corrected chi connectivity index (χ4v) is 0.588. The zero-order chi connectivity index (χ0) is 11.7. The van der Waals surface area contributed by atoms with E-state index in [1.807, 2.05) is 0 Å². The van der Waals surface area contributed by atoms with Crippen LogP contribution in [0.4, 0.5) is 0 Å². The third-order valence-electron chi connectivity index (χ3n) is 0.824. The van der Waals surface area contributed by atoms with Crippen LogP contribution in [-0.4, -0.2) is 21.8 Å². The Morgan fingerprint density at radius 1 is 0.800 bits per heavy atom. The molecule has 0 atom stereocenters. The zero-order valence-corrected chi connectivity index (χ0v) is 10.2. The molecule has 0 bridgehead atoms. The van der Waals surface area contributed by atoms with Gasteiger partial charge in [-0.25, -0.2) is 0 Å². The molecule has 5 heteroatoms. The Bertz CT molecular complexity index is 231. The SMILES string of the molecule is CC(=O)/C=C(/C)O.CC(=O)/C=C(\C)O.[Ni]. The molecule has 0 aromatic carbocycles. The third-order valence-corrected chi connectivity index (χ3v) is 0.824. The first-order chi connectivity index (χ1) is 6.25. The number of aliphatic hydroxyl groups excluding tert-OH is 2. The summed E-state index contributed by atoms with van der Waals surface area (Å²) in [6.07, 6.45) is 2.33. The van der Waals surface area contributed by atoms with Gasteiger partial charge in [-0.1, -0.05) is 0 Å². The largest absolute Gasteiger partial charge is 0.512 e. The van der Waals surface area contributed by atoms with Crippen LogP contribution in [0.1, 0.15) is 27.7 Å². The minimum absolute atomic E-state index is 0. The van der Waals surface area contributed by atoms with Crippen molar-refractivity contribution < 1.29 is 36.3 Å². The van der Waals surface area contributed by atoms with Gasteiger partial charge in [-0.2, -0.15) is 0 Å². The first-order valence-electron chi connectivity index (χ1n) is 4.01. The molecule has 15 heavy (non-hydrogen) atoms. The summed E-state index contributed by atoms with van der Waals surface area (Å²) in [6.45, 7) is 5.70. The Labute approximate surface area is 99.6 Å². The second-order valence-corrected chi connectivity index (χ2v) is 2.79. The predicted octanol–water partition coefficient (Wildman–Crippen LogP) is 2.07. The van der Waals surface area contributed by atoms with E-state index < -0.39 is 0 Å². The molecule has 0 radical (unpaired) electrons. The van der Waals surface area contributed by atoms with Crippen LogP contribution in [0.25, 0.3) is 0 Å². The Morgan fingerprint density at radius 3 is 1.00 bits per heavy atom. The van der Waals surface area contributed by atoms with Crippen LogP contribution >= 0.6 is 0 Å². The number of carbonyl (C=O) groups excluding carboxylic acids is 2. The molecule has 4 nitrogen and oxygen atoms in total. The minimum Gasteiger partial charge on any atom is -0.512 e. The Kier molecular flexibility index (Phi) is 14.3. The second-order valence-electron chi connectivity index (χ2n) is 2.79. The maximum Gasteiger partial charge on any atom is 0.155 e. The normalized spacial score (nSPS) is 10.7. The van der Waals surface area contributed by atoms with Crippen molar-refractivity contribution in [2.24, 2.45) is 0 Å². The fourth-order valence-electron chi connectivity index (χ4n) is 0.588. The molecule has 0 rings (SSSR count). The van der Waals surface area contributed by atoms with Crippen LogP contribution in [0.5, 0.6) is 0 Å². The van der Waals surface area contributed by atoms with Gasteiger partial charge in [0.2, 0.25) is 0 Å². The van der Waals surface area contributed by atoms with Crippen molar-refractivity contribution in [1.29, 1.82) is 0 Å². The number of hydrogen-bond acceptors (Lipinski definition) is 4. The van der Waals surface area contributed by atoms with Crippen molar-refractivity contribution in [3.63, 3.8) is 0 Å². The van der Waals surface area contributed by atoms with E-state index in [1.165, 1.54) is 39.8 Å². The molecule has 0 aromatic rings. The standard InChI is InChI=1S/2C5H8O2.Ni/c2*1-4(6)3-5(2)7;/h2*3,6H,1-2H3;/b4-3+;4-3-;. The van der Waals surface area contributed by atoms with Crippen molar-refractivity contribution >= 4 is 11.6 Å². The number of carbonyl (C=O) groups is 2. The van der Waals surface area contributed by atoms with Crippen molar-refractivity contribution in [3.05, 3.63) is 23.7 Å². The van der Waals surface area contributed by atoms with E-state index in [1.54, 1.807) is 0 Å². The van der Waals surface area contributed by atoms with Gasteiger partial charge in [0, 0.05) is 28.6 Å². The van der Waals surface area contributed by atoms with Gasteiger partial charge >= 0.3 is 0 Å². The minimum atomic E-state index is -0.125. The number of ketones is 2. The van der Waals surface area contributed by atoms with Crippen LogP contribution < -0.4 is 0 Å². The van der Waals surface area contributed by atoms with Gasteiger partial charge in [-0.05, 0) is 27.7 Å². The number of rotatable bonds is 2. The Morgan fingerprint density at radius 2 is 1.00 bits per heavy atom. The van der Waals surface area contributed by atoms with E-state index in [4.69, 9.17) is 10.2 Å². The predicted molar refractivity (Wildman–Crippen MR) is 54.1 cm³/mol. The quantitative estimate of drug-likeness (QED) is 0.452. The maximum atomic E-state index is 10.0. The fraction of sp³-hybridized carbons (Fsp3) is 0.400. The molecule has 2 N–H and O–H groups in total. The van der Waals surface area contributed by atoms with Crippen LogP contribution in [0.3, 0.4) is 0 Å². The summed E-state index contributed by atoms with van der Waals surface area (Å²) in [5, 5.41) is 16.7.